The zero-order chi connectivity index (χ0) is 12.8. The number of oxime groups is 1. The average Bonchev–Trinajstić information content (AvgIpc) is 2.15. The number of nitrogens with one attached hydrogen (secondary N) is 2. The molecular weight excluding hydrogens is 208 g/mol. The Kier molecular flexibility index (Phi) is 5.81. The Bertz CT molecular complexity index is 258. The van der Waals surface area contributed by atoms with Crippen LogP contribution in [-0.4, -0.2) is 35.1 Å². The van der Waals surface area contributed by atoms with Crippen molar-refractivity contribution in [1.29, 1.82) is 0 Å². The third-order valence-corrected chi connectivity index (χ3v) is 1.90. The predicted octanol–water partition coefficient (Wildman–Crippen LogP) is 0.0157. The zero-order valence-electron chi connectivity index (χ0n) is 10.4. The Balaban J connectivity index is 4.08. The van der Waals surface area contributed by atoms with E-state index in [9.17, 15) is 4.79 Å². The molecule has 0 rings (SSSR count). The van der Waals surface area contributed by atoms with Gasteiger partial charge in [-0.2, -0.15) is 0 Å². The van der Waals surface area contributed by atoms with Gasteiger partial charge in [0.05, 0.1) is 12.6 Å². The first-order valence-corrected chi connectivity index (χ1v) is 5.32. The van der Waals surface area contributed by atoms with Crippen LogP contribution in [0.15, 0.2) is 5.16 Å². The molecule has 6 nitrogen and oxygen atoms in total. The van der Waals surface area contributed by atoms with Crippen LogP contribution in [0.25, 0.3) is 0 Å². The Labute approximate surface area is 96.3 Å². The summed E-state index contributed by atoms with van der Waals surface area (Å²) < 4.78 is 0. The molecule has 0 aromatic carbocycles. The number of hydrogen-bond acceptors (Lipinski definition) is 4. The normalized spacial score (nSPS) is 14.6. The van der Waals surface area contributed by atoms with Crippen molar-refractivity contribution < 1.29 is 10.0 Å². The number of rotatable bonds is 5. The second-order valence-corrected chi connectivity index (χ2v) is 4.66. The van der Waals surface area contributed by atoms with E-state index in [1.165, 1.54) is 0 Å². The van der Waals surface area contributed by atoms with Gasteiger partial charge < -0.3 is 16.3 Å². The summed E-state index contributed by atoms with van der Waals surface area (Å²) >= 11 is 0. The first-order valence-electron chi connectivity index (χ1n) is 5.32. The van der Waals surface area contributed by atoms with Crippen molar-refractivity contribution in [3.05, 3.63) is 0 Å². The average molecular weight is 230 g/mol. The van der Waals surface area contributed by atoms with Crippen LogP contribution < -0.4 is 16.4 Å². The van der Waals surface area contributed by atoms with Gasteiger partial charge in [0.15, 0.2) is 5.84 Å². The molecule has 0 saturated heterocycles. The second kappa shape index (κ2) is 6.32. The minimum absolute atomic E-state index is 0.0889. The third-order valence-electron chi connectivity index (χ3n) is 1.90. The minimum Gasteiger partial charge on any atom is -0.409 e. The van der Waals surface area contributed by atoms with E-state index in [2.05, 4.69) is 15.8 Å². The molecule has 0 aromatic rings. The molecule has 5 N–H and O–H groups in total. The maximum Gasteiger partial charge on any atom is 0.234 e. The maximum absolute atomic E-state index is 11.5. The van der Waals surface area contributed by atoms with E-state index in [-0.39, 0.29) is 29.9 Å². The number of amidine groups is 1. The molecule has 0 radical (unpaired) electrons. The van der Waals surface area contributed by atoms with E-state index in [4.69, 9.17) is 10.9 Å². The maximum atomic E-state index is 11.5. The lowest BCUT2D eigenvalue weighted by Gasteiger charge is -2.22. The topological polar surface area (TPSA) is 99.7 Å². The fraction of sp³-hybridized carbons (Fsp3) is 0.800. The summed E-state index contributed by atoms with van der Waals surface area (Å²) in [6.45, 7) is 7.76. The Morgan fingerprint density at radius 3 is 2.44 bits per heavy atom. The number of carbonyl (C=O) groups is 1. The van der Waals surface area contributed by atoms with E-state index in [0.717, 1.165) is 0 Å². The van der Waals surface area contributed by atoms with Gasteiger partial charge in [0.2, 0.25) is 5.91 Å². The van der Waals surface area contributed by atoms with Crippen molar-refractivity contribution in [3.63, 3.8) is 0 Å². The number of nitrogens with two attached hydrogens (primary N) is 1. The highest BCUT2D eigenvalue weighted by atomic mass is 16.4. The van der Waals surface area contributed by atoms with E-state index >= 15 is 0 Å². The first kappa shape index (κ1) is 14.7. The van der Waals surface area contributed by atoms with E-state index in [0.29, 0.717) is 6.42 Å². The molecule has 0 aliphatic heterocycles. The highest BCUT2D eigenvalue weighted by molar-refractivity contribution is 5.86. The fourth-order valence-corrected chi connectivity index (χ4v) is 1.21. The van der Waals surface area contributed by atoms with Crippen LogP contribution in [0, 0.1) is 0 Å². The van der Waals surface area contributed by atoms with Crippen LogP contribution in [0.5, 0.6) is 0 Å². The lowest BCUT2D eigenvalue weighted by atomic mass is 10.1. The third kappa shape index (κ3) is 6.23. The summed E-state index contributed by atoms with van der Waals surface area (Å²) in [5.74, 6) is -0.0252. The predicted molar refractivity (Wildman–Crippen MR) is 63.4 cm³/mol. The van der Waals surface area contributed by atoms with Crippen LogP contribution in [0.2, 0.25) is 0 Å². The Morgan fingerprint density at radius 2 is 2.06 bits per heavy atom. The fourth-order valence-electron chi connectivity index (χ4n) is 1.21. The number of carbonyl (C=O) groups excluding carboxylic acids is 1. The van der Waals surface area contributed by atoms with Crippen molar-refractivity contribution >= 4 is 11.7 Å². The molecule has 0 bridgehead atoms. The summed E-state index contributed by atoms with van der Waals surface area (Å²) in [6.07, 6.45) is 0.651. The molecule has 0 saturated carbocycles. The number of hydrogen-bond donors (Lipinski definition) is 4. The van der Waals surface area contributed by atoms with Crippen molar-refractivity contribution in [2.24, 2.45) is 10.9 Å². The van der Waals surface area contributed by atoms with Crippen LogP contribution in [-0.2, 0) is 4.79 Å². The van der Waals surface area contributed by atoms with Gasteiger partial charge in [-0.15, -0.1) is 0 Å². The molecule has 0 aliphatic carbocycles. The van der Waals surface area contributed by atoms with Crippen LogP contribution >= 0.6 is 0 Å². The molecule has 6 heteroatoms. The molecule has 1 atom stereocenters. The standard InChI is InChI=1S/C10H22N4O2/c1-5-7(9(11)14-16)12-6-8(15)13-10(2,3)4/h7,12,16H,5-6H2,1-4H3,(H2,11,14)(H,13,15). The van der Waals surface area contributed by atoms with Gasteiger partial charge >= 0.3 is 0 Å². The lowest BCUT2D eigenvalue weighted by Crippen LogP contribution is -2.49. The van der Waals surface area contributed by atoms with Crippen molar-refractivity contribution in [2.45, 2.75) is 45.7 Å². The highest BCUT2D eigenvalue weighted by Gasteiger charge is 2.16. The monoisotopic (exact) mass is 230 g/mol. The Morgan fingerprint density at radius 1 is 1.50 bits per heavy atom. The smallest absolute Gasteiger partial charge is 0.234 e. The molecular formula is C10H22N4O2. The quantitative estimate of drug-likeness (QED) is 0.231. The van der Waals surface area contributed by atoms with E-state index < -0.39 is 0 Å². The van der Waals surface area contributed by atoms with Crippen molar-refractivity contribution in [1.82, 2.24) is 10.6 Å². The second-order valence-electron chi connectivity index (χ2n) is 4.66. The molecule has 94 valence electrons. The molecule has 0 aromatic heterocycles. The SMILES string of the molecule is CCC(NCC(=O)NC(C)(C)C)C(N)=NO. The van der Waals surface area contributed by atoms with Gasteiger partial charge in [-0.05, 0) is 27.2 Å². The van der Waals surface area contributed by atoms with Crippen LogP contribution in [0.4, 0.5) is 0 Å². The van der Waals surface area contributed by atoms with Gasteiger partial charge in [0.25, 0.3) is 0 Å². The van der Waals surface area contributed by atoms with Gasteiger partial charge in [0, 0.05) is 5.54 Å². The van der Waals surface area contributed by atoms with Gasteiger partial charge in [0.1, 0.15) is 0 Å². The van der Waals surface area contributed by atoms with E-state index in [1.54, 1.807) is 0 Å². The van der Waals surface area contributed by atoms with Crippen LogP contribution in [0.3, 0.4) is 0 Å². The van der Waals surface area contributed by atoms with E-state index in [1.807, 2.05) is 27.7 Å². The summed E-state index contributed by atoms with van der Waals surface area (Å²) in [6, 6.07) is -0.282. The summed E-state index contributed by atoms with van der Waals surface area (Å²) in [7, 11) is 0. The molecule has 0 spiro atoms. The largest absolute Gasteiger partial charge is 0.409 e. The van der Waals surface area contributed by atoms with Crippen LogP contribution in [0.1, 0.15) is 34.1 Å². The van der Waals surface area contributed by atoms with Crippen molar-refractivity contribution in [3.8, 4) is 0 Å². The van der Waals surface area contributed by atoms with Crippen molar-refractivity contribution in [2.75, 3.05) is 6.54 Å². The molecule has 0 aliphatic rings. The molecule has 16 heavy (non-hydrogen) atoms. The number of nitrogens with zero attached hydrogens (tertiary/aromatic N) is 1. The molecule has 0 fully saturated rings. The molecule has 1 amide bonds. The summed E-state index contributed by atoms with van der Waals surface area (Å²) in [5.41, 5.74) is 5.19. The summed E-state index contributed by atoms with van der Waals surface area (Å²) in [5, 5.41) is 17.1. The van der Waals surface area contributed by atoms with Gasteiger partial charge in [-0.1, -0.05) is 12.1 Å². The van der Waals surface area contributed by atoms with Gasteiger partial charge in [-0.25, -0.2) is 0 Å². The van der Waals surface area contributed by atoms with Gasteiger partial charge in [-0.3, -0.25) is 10.1 Å². The highest BCUT2D eigenvalue weighted by Crippen LogP contribution is 1.97. The molecule has 0 heterocycles. The minimum atomic E-state index is -0.282. The first-order chi connectivity index (χ1) is 7.30. The number of amides is 1. The zero-order valence-corrected chi connectivity index (χ0v) is 10.4. The molecule has 1 unspecified atom stereocenters. The Hall–Kier alpha value is -1.30. The summed E-state index contributed by atoms with van der Waals surface area (Å²) in [4.78, 5) is 11.5. The lowest BCUT2D eigenvalue weighted by molar-refractivity contribution is -0.121.